The van der Waals surface area contributed by atoms with Gasteiger partial charge >= 0.3 is 0 Å². The summed E-state index contributed by atoms with van der Waals surface area (Å²) < 4.78 is 42.5. The predicted octanol–water partition coefficient (Wildman–Crippen LogP) is 1.56. The van der Waals surface area contributed by atoms with Crippen molar-refractivity contribution >= 4 is 27.5 Å². The average Bonchev–Trinajstić information content (AvgIpc) is 2.61. The van der Waals surface area contributed by atoms with Crippen molar-refractivity contribution in [2.75, 3.05) is 5.32 Å². The molecule has 0 heterocycles. The molecule has 0 radical (unpaired) electrons. The lowest BCUT2D eigenvalue weighted by atomic mass is 10.3. The van der Waals surface area contributed by atoms with E-state index < -0.39 is 27.9 Å². The first-order chi connectivity index (χ1) is 12.7. The molecule has 8 nitrogen and oxygen atoms in total. The van der Waals surface area contributed by atoms with Crippen LogP contribution in [0.2, 0.25) is 0 Å². The molecule has 0 spiro atoms. The first kappa shape index (κ1) is 20.3. The van der Waals surface area contributed by atoms with Crippen molar-refractivity contribution in [3.05, 3.63) is 54.3 Å². The zero-order chi connectivity index (χ0) is 20.0. The van der Waals surface area contributed by atoms with Gasteiger partial charge in [0, 0.05) is 12.6 Å². The molecule has 0 unspecified atom stereocenters. The number of hydrogen-bond donors (Lipinski definition) is 3. The second-order valence-electron chi connectivity index (χ2n) is 5.51. The Hall–Kier alpha value is -2.98. The van der Waals surface area contributed by atoms with E-state index in [1.807, 2.05) is 4.83 Å². The van der Waals surface area contributed by atoms with Crippen LogP contribution in [-0.4, -0.2) is 26.3 Å². The fourth-order valence-corrected chi connectivity index (χ4v) is 2.82. The Labute approximate surface area is 155 Å². The molecule has 2 amide bonds. The van der Waals surface area contributed by atoms with Gasteiger partial charge in [-0.1, -0.05) is 0 Å². The zero-order valence-corrected chi connectivity index (χ0v) is 15.3. The molecule has 2 aromatic carbocycles. The standard InChI is InChI=1S/C17H18FN3O5S/c1-11(26-15-7-3-13(18)4-8-15)17(23)20-21-27(24,25)16-9-5-14(6-10-16)19-12(2)22/h3-11,21H,1-2H3,(H,19,22)(H,20,23)/t11-/m0/s1. The summed E-state index contributed by atoms with van der Waals surface area (Å²) >= 11 is 0. The van der Waals surface area contributed by atoms with E-state index in [1.165, 1.54) is 62.4 Å². The van der Waals surface area contributed by atoms with E-state index in [0.29, 0.717) is 5.69 Å². The highest BCUT2D eigenvalue weighted by Crippen LogP contribution is 2.14. The van der Waals surface area contributed by atoms with E-state index in [-0.39, 0.29) is 16.6 Å². The van der Waals surface area contributed by atoms with E-state index in [9.17, 15) is 22.4 Å². The molecule has 0 aromatic heterocycles. The topological polar surface area (TPSA) is 114 Å². The van der Waals surface area contributed by atoms with Crippen molar-refractivity contribution in [1.82, 2.24) is 10.3 Å². The van der Waals surface area contributed by atoms with Gasteiger partial charge < -0.3 is 10.1 Å². The van der Waals surface area contributed by atoms with E-state index in [0.717, 1.165) is 0 Å². The van der Waals surface area contributed by atoms with Crippen molar-refractivity contribution in [2.24, 2.45) is 0 Å². The summed E-state index contributed by atoms with van der Waals surface area (Å²) in [7, 11) is -4.01. The van der Waals surface area contributed by atoms with E-state index in [4.69, 9.17) is 4.74 Å². The maximum absolute atomic E-state index is 12.9. The van der Waals surface area contributed by atoms with Crippen molar-refractivity contribution < 1.29 is 27.1 Å². The van der Waals surface area contributed by atoms with Crippen molar-refractivity contribution in [1.29, 1.82) is 0 Å². The van der Waals surface area contributed by atoms with Crippen molar-refractivity contribution in [3.8, 4) is 5.75 Å². The number of sulfonamides is 1. The van der Waals surface area contributed by atoms with E-state index in [1.54, 1.807) is 0 Å². The molecule has 0 aliphatic heterocycles. The smallest absolute Gasteiger partial charge is 0.275 e. The Morgan fingerprint density at radius 3 is 2.19 bits per heavy atom. The zero-order valence-electron chi connectivity index (χ0n) is 14.5. The fraction of sp³-hybridized carbons (Fsp3) is 0.176. The number of anilines is 1. The first-order valence-electron chi connectivity index (χ1n) is 7.79. The molecule has 3 N–H and O–H groups in total. The Morgan fingerprint density at radius 2 is 1.63 bits per heavy atom. The Morgan fingerprint density at radius 1 is 1.04 bits per heavy atom. The number of halogens is 1. The van der Waals surface area contributed by atoms with Gasteiger partial charge in [-0.05, 0) is 55.5 Å². The van der Waals surface area contributed by atoms with Gasteiger partial charge in [0.1, 0.15) is 11.6 Å². The third-order valence-corrected chi connectivity index (χ3v) is 4.55. The highest BCUT2D eigenvalue weighted by atomic mass is 32.2. The monoisotopic (exact) mass is 395 g/mol. The van der Waals surface area contributed by atoms with Crippen LogP contribution in [0, 0.1) is 5.82 Å². The number of ether oxygens (including phenoxy) is 1. The highest BCUT2D eigenvalue weighted by molar-refractivity contribution is 7.89. The van der Waals surface area contributed by atoms with E-state index in [2.05, 4.69) is 10.7 Å². The molecule has 0 bridgehead atoms. The molecule has 0 aliphatic rings. The lowest BCUT2D eigenvalue weighted by molar-refractivity contribution is -0.127. The van der Waals surface area contributed by atoms with Gasteiger partial charge in [0.2, 0.25) is 5.91 Å². The average molecular weight is 395 g/mol. The molecular formula is C17H18FN3O5S. The van der Waals surface area contributed by atoms with Crippen LogP contribution in [0.4, 0.5) is 10.1 Å². The lowest BCUT2D eigenvalue weighted by Crippen LogP contribution is -2.47. The summed E-state index contributed by atoms with van der Waals surface area (Å²) in [6.45, 7) is 2.74. The molecule has 0 aliphatic carbocycles. The number of hydrazine groups is 1. The summed E-state index contributed by atoms with van der Waals surface area (Å²) in [5, 5.41) is 2.51. The van der Waals surface area contributed by atoms with Gasteiger partial charge in [0.05, 0.1) is 4.90 Å². The Kier molecular flexibility index (Phi) is 6.48. The second-order valence-corrected chi connectivity index (χ2v) is 7.20. The van der Waals surface area contributed by atoms with Gasteiger partial charge in [-0.15, -0.1) is 4.83 Å². The SMILES string of the molecule is CC(=O)Nc1ccc(S(=O)(=O)NNC(=O)[C@H](C)Oc2ccc(F)cc2)cc1. The fourth-order valence-electron chi connectivity index (χ4n) is 1.97. The maximum Gasteiger partial charge on any atom is 0.275 e. The van der Waals surface area contributed by atoms with Crippen LogP contribution in [0.5, 0.6) is 5.75 Å². The third-order valence-electron chi connectivity index (χ3n) is 3.29. The normalized spacial score (nSPS) is 12.1. The molecule has 2 rings (SSSR count). The number of rotatable bonds is 7. The number of nitrogens with one attached hydrogen (secondary N) is 3. The number of carbonyl (C=O) groups is 2. The van der Waals surface area contributed by atoms with Crippen molar-refractivity contribution in [3.63, 3.8) is 0 Å². The van der Waals surface area contributed by atoms with Crippen LogP contribution in [0.1, 0.15) is 13.8 Å². The summed E-state index contributed by atoms with van der Waals surface area (Å²) in [5.41, 5.74) is 2.49. The van der Waals surface area contributed by atoms with Gasteiger partial charge in [-0.2, -0.15) is 0 Å². The summed E-state index contributed by atoms with van der Waals surface area (Å²) in [4.78, 5) is 24.8. The Bertz CT molecular complexity index is 915. The van der Waals surface area contributed by atoms with Gasteiger partial charge in [0.15, 0.2) is 6.10 Å². The van der Waals surface area contributed by atoms with Crippen LogP contribution in [0.15, 0.2) is 53.4 Å². The molecule has 0 saturated heterocycles. The van der Waals surface area contributed by atoms with E-state index >= 15 is 0 Å². The molecule has 10 heteroatoms. The van der Waals surface area contributed by atoms with Crippen LogP contribution >= 0.6 is 0 Å². The van der Waals surface area contributed by atoms with Gasteiger partial charge in [0.25, 0.3) is 15.9 Å². The predicted molar refractivity (Wildman–Crippen MR) is 95.7 cm³/mol. The highest BCUT2D eigenvalue weighted by Gasteiger charge is 2.19. The summed E-state index contributed by atoms with van der Waals surface area (Å²) in [6.07, 6.45) is -1.03. The minimum absolute atomic E-state index is 0.107. The quantitative estimate of drug-likeness (QED) is 0.616. The van der Waals surface area contributed by atoms with Crippen LogP contribution in [-0.2, 0) is 19.6 Å². The third kappa shape index (κ3) is 6.04. The Balaban J connectivity index is 1.94. The molecule has 0 saturated carbocycles. The minimum atomic E-state index is -4.01. The lowest BCUT2D eigenvalue weighted by Gasteiger charge is -2.15. The number of benzene rings is 2. The maximum atomic E-state index is 12.9. The number of carbonyl (C=O) groups excluding carboxylic acids is 2. The molecule has 1 atom stereocenters. The minimum Gasteiger partial charge on any atom is -0.481 e. The largest absolute Gasteiger partial charge is 0.481 e. The van der Waals surface area contributed by atoms with Crippen LogP contribution in [0.3, 0.4) is 0 Å². The molecular weight excluding hydrogens is 377 g/mol. The van der Waals surface area contributed by atoms with Crippen molar-refractivity contribution in [2.45, 2.75) is 24.8 Å². The van der Waals surface area contributed by atoms with Gasteiger partial charge in [-0.25, -0.2) is 12.8 Å². The molecule has 27 heavy (non-hydrogen) atoms. The number of hydrogen-bond acceptors (Lipinski definition) is 5. The summed E-state index contributed by atoms with van der Waals surface area (Å²) in [5.74, 6) is -1.21. The molecule has 2 aromatic rings. The second kappa shape index (κ2) is 8.60. The number of amides is 2. The summed E-state index contributed by atoms with van der Waals surface area (Å²) in [6, 6.07) is 10.4. The molecule has 0 fully saturated rings. The van der Waals surface area contributed by atoms with Crippen LogP contribution in [0.25, 0.3) is 0 Å². The first-order valence-corrected chi connectivity index (χ1v) is 9.27. The van der Waals surface area contributed by atoms with Gasteiger partial charge in [-0.3, -0.25) is 15.0 Å². The van der Waals surface area contributed by atoms with Crippen LogP contribution < -0.4 is 20.3 Å². The molecule has 144 valence electrons.